The van der Waals surface area contributed by atoms with Crippen LogP contribution in [0.15, 0.2) is 36.4 Å². The molecule has 0 spiro atoms. The molecule has 7 heteroatoms. The van der Waals surface area contributed by atoms with E-state index in [0.29, 0.717) is 17.5 Å². The minimum absolute atomic E-state index is 0.0618. The molecule has 0 saturated heterocycles. The van der Waals surface area contributed by atoms with E-state index in [1.54, 1.807) is 41.3 Å². The lowest BCUT2D eigenvalue weighted by Crippen LogP contribution is -2.31. The van der Waals surface area contributed by atoms with Gasteiger partial charge in [-0.2, -0.15) is 5.26 Å². The largest absolute Gasteiger partial charge is 0.481 e. The highest BCUT2D eigenvalue weighted by molar-refractivity contribution is 6.05. The van der Waals surface area contributed by atoms with Gasteiger partial charge >= 0.3 is 5.97 Å². The van der Waals surface area contributed by atoms with Crippen molar-refractivity contribution in [2.75, 3.05) is 24.7 Å². The first kappa shape index (κ1) is 18.7. The summed E-state index contributed by atoms with van der Waals surface area (Å²) in [5, 5.41) is 9.02. The van der Waals surface area contributed by atoms with Gasteiger partial charge in [-0.05, 0) is 48.2 Å². The Hall–Kier alpha value is -3.66. The maximum atomic E-state index is 12.5. The van der Waals surface area contributed by atoms with Crippen LogP contribution in [-0.4, -0.2) is 37.4 Å². The number of nitriles is 1. The zero-order chi connectivity index (χ0) is 20.4. The monoisotopic (exact) mass is 390 g/mol. The quantitative estimate of drug-likeness (QED) is 0.554. The van der Waals surface area contributed by atoms with Gasteiger partial charge in [-0.1, -0.05) is 12.1 Å². The fourth-order valence-electron chi connectivity index (χ4n) is 3.73. The summed E-state index contributed by atoms with van der Waals surface area (Å²) in [5.41, 5.74) is 3.55. The van der Waals surface area contributed by atoms with E-state index in [2.05, 4.69) is 0 Å². The fraction of sp³-hybridized carbons (Fsp3) is 0.273. The van der Waals surface area contributed by atoms with Crippen LogP contribution in [0.2, 0.25) is 0 Å². The molecule has 0 unspecified atom stereocenters. The molecule has 2 aliphatic heterocycles. The van der Waals surface area contributed by atoms with E-state index in [1.807, 2.05) is 6.07 Å². The molecule has 0 bridgehead atoms. The predicted molar refractivity (Wildman–Crippen MR) is 103 cm³/mol. The zero-order valence-corrected chi connectivity index (χ0v) is 15.6. The number of Topliss-reactive ketones (excluding diaryl/α,β-unsaturated/α-hetero) is 1. The number of nitrogens with zero attached hydrogens (tertiary/aromatic N) is 2. The van der Waals surface area contributed by atoms with E-state index in [0.717, 1.165) is 36.2 Å². The number of rotatable bonds is 6. The van der Waals surface area contributed by atoms with E-state index in [9.17, 15) is 14.4 Å². The number of esters is 1. The molecular weight excluding hydrogens is 372 g/mol. The first-order valence-electron chi connectivity index (χ1n) is 9.33. The molecule has 0 saturated carbocycles. The standard InChI is InChI=1S/C22H18N2O5/c23-11-15-4-1-2-6-19(15)28-13-21(27)29-12-18(25)16-8-14-5-3-7-24-20(26)10-17(9-16)22(14)24/h1-2,4,6,8-9H,3,5,7,10,12-13H2. The third kappa shape index (κ3) is 3.69. The molecule has 2 aliphatic rings. The number of ether oxygens (including phenoxy) is 2. The van der Waals surface area contributed by atoms with Gasteiger partial charge in [0.15, 0.2) is 19.0 Å². The second-order valence-electron chi connectivity index (χ2n) is 6.95. The van der Waals surface area contributed by atoms with E-state index in [1.165, 1.54) is 0 Å². The number of ketones is 1. The van der Waals surface area contributed by atoms with E-state index >= 15 is 0 Å². The minimum atomic E-state index is -0.699. The van der Waals surface area contributed by atoms with Crippen LogP contribution in [-0.2, 0) is 27.2 Å². The number of hydrogen-bond acceptors (Lipinski definition) is 6. The highest BCUT2D eigenvalue weighted by Gasteiger charge is 2.32. The number of benzene rings is 2. The van der Waals surface area contributed by atoms with E-state index < -0.39 is 19.2 Å². The second kappa shape index (κ2) is 7.76. The Labute approximate surface area is 167 Å². The molecule has 1 amide bonds. The number of hydrogen-bond donors (Lipinski definition) is 0. The molecule has 0 fully saturated rings. The van der Waals surface area contributed by atoms with Crippen LogP contribution in [0.1, 0.15) is 33.5 Å². The SMILES string of the molecule is N#Cc1ccccc1OCC(=O)OCC(=O)c1cc2c3c(c1)CC(=O)N3CCC2. The molecule has 4 rings (SSSR count). The van der Waals surface area contributed by atoms with Crippen molar-refractivity contribution in [2.45, 2.75) is 19.3 Å². The number of para-hydroxylation sites is 1. The molecule has 0 aliphatic carbocycles. The third-order valence-corrected chi connectivity index (χ3v) is 5.05. The van der Waals surface area contributed by atoms with E-state index in [4.69, 9.17) is 14.7 Å². The Balaban J connectivity index is 1.37. The third-order valence-electron chi connectivity index (χ3n) is 5.05. The van der Waals surface area contributed by atoms with Gasteiger partial charge in [-0.3, -0.25) is 9.59 Å². The first-order chi connectivity index (χ1) is 14.1. The summed E-state index contributed by atoms with van der Waals surface area (Å²) in [6, 6.07) is 12.0. The molecule has 29 heavy (non-hydrogen) atoms. The second-order valence-corrected chi connectivity index (χ2v) is 6.95. The van der Waals surface area contributed by atoms with Crippen molar-refractivity contribution in [1.29, 1.82) is 5.26 Å². The van der Waals surface area contributed by atoms with Crippen molar-refractivity contribution in [3.05, 3.63) is 58.7 Å². The van der Waals surface area contributed by atoms with Gasteiger partial charge in [0, 0.05) is 12.1 Å². The minimum Gasteiger partial charge on any atom is -0.481 e. The van der Waals surface area contributed by atoms with Crippen LogP contribution in [0.3, 0.4) is 0 Å². The van der Waals surface area contributed by atoms with Crippen LogP contribution < -0.4 is 9.64 Å². The summed E-state index contributed by atoms with van der Waals surface area (Å²) in [4.78, 5) is 38.3. The number of amides is 1. The van der Waals surface area contributed by atoms with Gasteiger partial charge in [0.2, 0.25) is 5.91 Å². The highest BCUT2D eigenvalue weighted by atomic mass is 16.6. The van der Waals surface area contributed by atoms with Gasteiger partial charge in [-0.15, -0.1) is 0 Å². The molecule has 2 heterocycles. The molecule has 2 aromatic rings. The number of aryl methyl sites for hydroxylation is 1. The molecule has 2 aromatic carbocycles. The molecule has 0 atom stereocenters. The smallest absolute Gasteiger partial charge is 0.344 e. The Morgan fingerprint density at radius 3 is 2.76 bits per heavy atom. The summed E-state index contributed by atoms with van der Waals surface area (Å²) in [6.07, 6.45) is 1.99. The fourth-order valence-corrected chi connectivity index (χ4v) is 3.73. The van der Waals surface area contributed by atoms with Crippen molar-refractivity contribution < 1.29 is 23.9 Å². The van der Waals surface area contributed by atoms with Crippen molar-refractivity contribution in [3.63, 3.8) is 0 Å². The summed E-state index contributed by atoms with van der Waals surface area (Å²) in [5.74, 6) is -0.682. The van der Waals surface area contributed by atoms with Gasteiger partial charge < -0.3 is 14.4 Å². The lowest BCUT2D eigenvalue weighted by atomic mass is 9.95. The van der Waals surface area contributed by atoms with Crippen molar-refractivity contribution in [2.24, 2.45) is 0 Å². The molecule has 146 valence electrons. The Kier molecular flexibility index (Phi) is 5.00. The average molecular weight is 390 g/mol. The van der Waals surface area contributed by atoms with Gasteiger partial charge in [0.25, 0.3) is 0 Å². The van der Waals surface area contributed by atoms with Crippen LogP contribution in [0.5, 0.6) is 5.75 Å². The summed E-state index contributed by atoms with van der Waals surface area (Å²) in [7, 11) is 0. The Morgan fingerprint density at radius 2 is 1.93 bits per heavy atom. The summed E-state index contributed by atoms with van der Waals surface area (Å²) >= 11 is 0. The zero-order valence-electron chi connectivity index (χ0n) is 15.6. The lowest BCUT2D eigenvalue weighted by Gasteiger charge is -2.25. The molecule has 0 aromatic heterocycles. The lowest BCUT2D eigenvalue weighted by molar-refractivity contribution is -0.144. The van der Waals surface area contributed by atoms with Crippen LogP contribution in [0.4, 0.5) is 5.69 Å². The van der Waals surface area contributed by atoms with Crippen LogP contribution in [0, 0.1) is 11.3 Å². The highest BCUT2D eigenvalue weighted by Crippen LogP contribution is 2.37. The van der Waals surface area contributed by atoms with Crippen molar-refractivity contribution >= 4 is 23.3 Å². The van der Waals surface area contributed by atoms with Gasteiger partial charge in [0.05, 0.1) is 17.7 Å². The molecule has 0 N–H and O–H groups in total. The maximum Gasteiger partial charge on any atom is 0.344 e. The molecular formula is C22H18N2O5. The Morgan fingerprint density at radius 1 is 1.14 bits per heavy atom. The van der Waals surface area contributed by atoms with Gasteiger partial charge in [-0.25, -0.2) is 4.79 Å². The Bertz CT molecular complexity index is 1050. The van der Waals surface area contributed by atoms with E-state index in [-0.39, 0.29) is 17.4 Å². The summed E-state index contributed by atoms with van der Waals surface area (Å²) < 4.78 is 10.3. The topological polar surface area (TPSA) is 96.7 Å². The maximum absolute atomic E-state index is 12.5. The van der Waals surface area contributed by atoms with Crippen molar-refractivity contribution in [1.82, 2.24) is 0 Å². The van der Waals surface area contributed by atoms with Crippen molar-refractivity contribution in [3.8, 4) is 11.8 Å². The number of anilines is 1. The predicted octanol–water partition coefficient (Wildman–Crippen LogP) is 2.20. The average Bonchev–Trinajstić information content (AvgIpc) is 3.07. The molecule has 7 nitrogen and oxygen atoms in total. The van der Waals surface area contributed by atoms with Gasteiger partial charge in [0.1, 0.15) is 11.8 Å². The molecule has 0 radical (unpaired) electrons. The normalized spacial score (nSPS) is 14.2. The summed E-state index contributed by atoms with van der Waals surface area (Å²) in [6.45, 7) is -0.0818. The number of carbonyl (C=O) groups is 3. The van der Waals surface area contributed by atoms with Crippen LogP contribution >= 0.6 is 0 Å². The van der Waals surface area contributed by atoms with Crippen LogP contribution in [0.25, 0.3) is 0 Å². The number of carbonyl (C=O) groups excluding carboxylic acids is 3. The first-order valence-corrected chi connectivity index (χ1v) is 9.33.